The van der Waals surface area contributed by atoms with Gasteiger partial charge in [-0.1, -0.05) is 37.3 Å². The van der Waals surface area contributed by atoms with Crippen molar-refractivity contribution in [1.29, 1.82) is 0 Å². The van der Waals surface area contributed by atoms with E-state index >= 15 is 0 Å². The number of nitrogens with zero attached hydrogens (tertiary/aromatic N) is 2. The van der Waals surface area contributed by atoms with Crippen molar-refractivity contribution in [2.75, 3.05) is 20.3 Å². The first-order valence-electron chi connectivity index (χ1n) is 8.61. The lowest BCUT2D eigenvalue weighted by atomic mass is 10.1. The molecule has 1 radical (unpaired) electrons. The molecular weight excluding hydrogens is 332 g/mol. The molecule has 0 atom stereocenters. The number of esters is 1. The molecule has 6 nitrogen and oxygen atoms in total. The highest BCUT2D eigenvalue weighted by molar-refractivity contribution is 5.90. The molecule has 26 heavy (non-hydrogen) atoms. The highest BCUT2D eigenvalue weighted by atomic mass is 16.6. The summed E-state index contributed by atoms with van der Waals surface area (Å²) in [5, 5.41) is 13.6. The van der Waals surface area contributed by atoms with Gasteiger partial charge in [0.15, 0.2) is 6.17 Å². The second kappa shape index (κ2) is 7.15. The average molecular weight is 354 g/mol. The Bertz CT molecular complexity index is 931. The standard InChI is InChI=1S/C20H23N2O4/c1-5-25-19(23)16-13(3)17(20(24)26-6-2)22-15(16)12-21(4)18(22)14-10-8-7-9-11-14/h7-12,23H,5-6H2,1-4H3/p-1. The van der Waals surface area contributed by atoms with Crippen LogP contribution in [0.2, 0.25) is 0 Å². The Balaban J connectivity index is 2.33. The Morgan fingerprint density at radius 2 is 1.77 bits per heavy atom. The van der Waals surface area contributed by atoms with Gasteiger partial charge in [-0.2, -0.15) is 0 Å². The third-order valence-electron chi connectivity index (χ3n) is 4.29. The van der Waals surface area contributed by atoms with E-state index in [1.54, 1.807) is 25.3 Å². The number of aromatic nitrogens is 1. The summed E-state index contributed by atoms with van der Waals surface area (Å²) in [6.07, 6.45) is 2.63. The zero-order valence-electron chi connectivity index (χ0n) is 15.4. The molecule has 6 heteroatoms. The van der Waals surface area contributed by atoms with Crippen LogP contribution in [-0.2, 0) is 9.47 Å². The van der Waals surface area contributed by atoms with Gasteiger partial charge in [-0.25, -0.2) is 4.79 Å². The summed E-state index contributed by atoms with van der Waals surface area (Å²) in [5.74, 6) is -0.901. The molecule has 0 aliphatic carbocycles. The van der Waals surface area contributed by atoms with Crippen LogP contribution in [0.15, 0.2) is 30.3 Å². The Hall–Kier alpha value is -2.89. The number of hydrogen-bond donors (Lipinski definition) is 0. The van der Waals surface area contributed by atoms with Crippen molar-refractivity contribution in [2.45, 2.75) is 20.8 Å². The molecule has 0 fully saturated rings. The predicted octanol–water partition coefficient (Wildman–Crippen LogP) is 0.505. The molecule has 2 aromatic rings. The topological polar surface area (TPSA) is 66.8 Å². The van der Waals surface area contributed by atoms with Gasteiger partial charge in [-0.05, 0) is 26.0 Å². The fourth-order valence-corrected chi connectivity index (χ4v) is 3.28. The minimum absolute atomic E-state index is 0.258. The van der Waals surface area contributed by atoms with Gasteiger partial charge in [0.2, 0.25) is 0 Å². The first-order valence-corrected chi connectivity index (χ1v) is 8.61. The van der Waals surface area contributed by atoms with E-state index in [4.69, 9.17) is 9.47 Å². The Morgan fingerprint density at radius 1 is 1.12 bits per heavy atom. The van der Waals surface area contributed by atoms with Crippen LogP contribution < -0.4 is 15.7 Å². The number of fused-ring (bicyclic) bond motifs is 1. The molecule has 0 unspecified atom stereocenters. The van der Waals surface area contributed by atoms with Crippen molar-refractivity contribution >= 4 is 18.1 Å². The van der Waals surface area contributed by atoms with E-state index in [9.17, 15) is 9.90 Å². The van der Waals surface area contributed by atoms with E-state index in [2.05, 4.69) is 0 Å². The van der Waals surface area contributed by atoms with Crippen LogP contribution in [0.25, 0.3) is 12.1 Å². The maximum Gasteiger partial charge on any atom is 0.355 e. The van der Waals surface area contributed by atoms with Crippen LogP contribution in [0.4, 0.5) is 0 Å². The number of carbonyl (C=O) groups is 1. The molecule has 0 spiro atoms. The number of ether oxygens (including phenoxy) is 2. The van der Waals surface area contributed by atoms with Gasteiger partial charge in [0.25, 0.3) is 0 Å². The van der Waals surface area contributed by atoms with Crippen LogP contribution >= 0.6 is 0 Å². The van der Waals surface area contributed by atoms with Crippen LogP contribution in [0, 0.1) is 13.1 Å². The zero-order valence-corrected chi connectivity index (χ0v) is 15.4. The molecule has 1 aliphatic rings. The maximum atomic E-state index is 12.7. The fraction of sp³-hybridized carbons (Fsp3) is 0.300. The van der Waals surface area contributed by atoms with Crippen LogP contribution in [0.5, 0.6) is 0 Å². The molecule has 1 aliphatic heterocycles. The number of rotatable bonds is 5. The van der Waals surface area contributed by atoms with Crippen LogP contribution in [-0.4, -0.2) is 35.7 Å². The summed E-state index contributed by atoms with van der Waals surface area (Å²) in [6, 6.07) is 9.72. The molecule has 3 rings (SSSR count). The van der Waals surface area contributed by atoms with Gasteiger partial charge in [-0.3, -0.25) is 0 Å². The van der Waals surface area contributed by atoms with E-state index in [1.807, 2.05) is 48.5 Å². The largest absolute Gasteiger partial charge is 0.613 e. The summed E-state index contributed by atoms with van der Waals surface area (Å²) in [4.78, 5) is 14.6. The minimum atomic E-state index is -0.459. The molecule has 1 aromatic heterocycles. The van der Waals surface area contributed by atoms with Gasteiger partial charge in [0, 0.05) is 24.0 Å². The number of benzene rings is 1. The zero-order chi connectivity index (χ0) is 18.8. The molecule has 0 amide bonds. The van der Waals surface area contributed by atoms with Gasteiger partial charge >= 0.3 is 5.97 Å². The van der Waals surface area contributed by atoms with E-state index in [0.29, 0.717) is 21.8 Å². The fourth-order valence-electron chi connectivity index (χ4n) is 3.28. The summed E-state index contributed by atoms with van der Waals surface area (Å²) in [7, 11) is 1.88. The van der Waals surface area contributed by atoms with E-state index in [-0.39, 0.29) is 13.2 Å². The Kier molecular flexibility index (Phi) is 4.93. The van der Waals surface area contributed by atoms with Gasteiger partial charge in [0.05, 0.1) is 17.9 Å². The monoisotopic (exact) mass is 354 g/mol. The third-order valence-corrected chi connectivity index (χ3v) is 4.29. The van der Waals surface area contributed by atoms with Gasteiger partial charge in [-0.15, -0.1) is 0 Å². The van der Waals surface area contributed by atoms with E-state index < -0.39 is 11.9 Å². The maximum absolute atomic E-state index is 12.7. The molecule has 0 bridgehead atoms. The molecule has 2 heterocycles. The highest BCUT2D eigenvalue weighted by Crippen LogP contribution is 2.25. The second-order valence-electron chi connectivity index (χ2n) is 5.94. The van der Waals surface area contributed by atoms with Crippen molar-refractivity contribution < 1.29 is 19.4 Å². The van der Waals surface area contributed by atoms with Crippen molar-refractivity contribution in [3.05, 3.63) is 63.9 Å². The molecule has 0 saturated carbocycles. The molecular formula is C20H22N2O4-. The lowest BCUT2D eigenvalue weighted by molar-refractivity contribution is -0.291. The summed E-state index contributed by atoms with van der Waals surface area (Å²) in [6.45, 7) is 5.79. The molecule has 0 N–H and O–H groups in total. The Morgan fingerprint density at radius 3 is 2.38 bits per heavy atom. The van der Waals surface area contributed by atoms with Gasteiger partial charge in [0.1, 0.15) is 5.69 Å². The predicted molar refractivity (Wildman–Crippen MR) is 95.8 cm³/mol. The number of hydrogen-bond acceptors (Lipinski definition) is 5. The number of carbonyl (C=O) groups excluding carboxylic acids is 1. The molecule has 0 saturated heterocycles. The van der Waals surface area contributed by atoms with E-state index in [0.717, 1.165) is 11.7 Å². The molecule has 1 aromatic carbocycles. The average Bonchev–Trinajstić information content (AvgIpc) is 3.07. The summed E-state index contributed by atoms with van der Waals surface area (Å²) in [5.41, 5.74) is 1.85. The van der Waals surface area contributed by atoms with Gasteiger partial charge < -0.3 is 24.0 Å². The summed E-state index contributed by atoms with van der Waals surface area (Å²) < 4.78 is 12.2. The third kappa shape index (κ3) is 2.81. The summed E-state index contributed by atoms with van der Waals surface area (Å²) >= 11 is 0. The van der Waals surface area contributed by atoms with Crippen molar-refractivity contribution in [3.63, 3.8) is 0 Å². The first kappa shape index (κ1) is 17.9. The second-order valence-corrected chi connectivity index (χ2v) is 5.94. The highest BCUT2D eigenvalue weighted by Gasteiger charge is 2.32. The smallest absolute Gasteiger partial charge is 0.355 e. The van der Waals surface area contributed by atoms with Crippen LogP contribution in [0.1, 0.15) is 35.5 Å². The lowest BCUT2D eigenvalue weighted by Crippen LogP contribution is -2.34. The quantitative estimate of drug-likeness (QED) is 0.732. The molecule has 137 valence electrons. The first-order chi connectivity index (χ1) is 12.5. The Labute approximate surface area is 152 Å². The lowest BCUT2D eigenvalue weighted by Gasteiger charge is -2.23. The van der Waals surface area contributed by atoms with Crippen molar-refractivity contribution in [2.24, 2.45) is 0 Å². The van der Waals surface area contributed by atoms with Crippen molar-refractivity contribution in [1.82, 2.24) is 9.47 Å². The van der Waals surface area contributed by atoms with E-state index in [1.165, 1.54) is 0 Å². The van der Waals surface area contributed by atoms with Crippen LogP contribution in [0.3, 0.4) is 0 Å². The minimum Gasteiger partial charge on any atom is -0.613 e. The normalized spacial score (nSPS) is 14.7. The SMILES string of the molecule is CCOC(=O)c1c(C)c(=C([O-])OCC)c2n1[C](c1ccccc1)N(C)C=2. The van der Waals surface area contributed by atoms with Crippen molar-refractivity contribution in [3.8, 4) is 0 Å².